The van der Waals surface area contributed by atoms with E-state index >= 15 is 0 Å². The predicted molar refractivity (Wildman–Crippen MR) is 159 cm³/mol. The van der Waals surface area contributed by atoms with Crippen LogP contribution in [0.15, 0.2) is 36.5 Å². The predicted octanol–water partition coefficient (Wildman–Crippen LogP) is 6.55. The van der Waals surface area contributed by atoms with Gasteiger partial charge >= 0.3 is 6.03 Å². The van der Waals surface area contributed by atoms with Crippen molar-refractivity contribution in [3.8, 4) is 5.75 Å². The SMILES string of the molecule is C[C@H]1Nc2nccc(n2)N(C(=O)NC2CCCCC2)CCCCCCCCN(C)CCCOc2cccc1c2. The number of rotatable bonds is 1. The fourth-order valence-electron chi connectivity index (χ4n) is 5.53. The van der Waals surface area contributed by atoms with Crippen LogP contribution in [0.4, 0.5) is 16.6 Å². The summed E-state index contributed by atoms with van der Waals surface area (Å²) in [6.45, 7) is 5.64. The second-order valence-corrected chi connectivity index (χ2v) is 11.2. The third-order valence-corrected chi connectivity index (χ3v) is 7.92. The maximum Gasteiger partial charge on any atom is 0.323 e. The van der Waals surface area contributed by atoms with Crippen LogP contribution < -0.4 is 20.3 Å². The fourth-order valence-corrected chi connectivity index (χ4v) is 5.53. The van der Waals surface area contributed by atoms with Crippen LogP contribution in [0.5, 0.6) is 5.75 Å². The molecule has 1 aliphatic heterocycles. The van der Waals surface area contributed by atoms with Crippen LogP contribution in [0.1, 0.15) is 95.6 Å². The molecule has 0 saturated heterocycles. The number of amides is 2. The highest BCUT2D eigenvalue weighted by Gasteiger charge is 2.22. The molecule has 1 saturated carbocycles. The van der Waals surface area contributed by atoms with Gasteiger partial charge in [-0.1, -0.05) is 57.1 Å². The molecule has 1 atom stereocenters. The van der Waals surface area contributed by atoms with E-state index in [1.807, 2.05) is 23.1 Å². The second kappa shape index (κ2) is 15.7. The third-order valence-electron chi connectivity index (χ3n) is 7.92. The minimum absolute atomic E-state index is 0.0164. The number of benzene rings is 1. The van der Waals surface area contributed by atoms with Crippen molar-refractivity contribution in [1.82, 2.24) is 20.2 Å². The maximum absolute atomic E-state index is 13.5. The lowest BCUT2D eigenvalue weighted by atomic mass is 9.96. The highest BCUT2D eigenvalue weighted by molar-refractivity contribution is 5.91. The van der Waals surface area contributed by atoms with Gasteiger partial charge in [-0.25, -0.2) is 9.78 Å². The first-order valence-corrected chi connectivity index (χ1v) is 15.2. The number of carbonyl (C=O) groups is 1. The number of nitrogens with zero attached hydrogens (tertiary/aromatic N) is 4. The summed E-state index contributed by atoms with van der Waals surface area (Å²) in [7, 11) is 2.20. The largest absolute Gasteiger partial charge is 0.494 e. The van der Waals surface area contributed by atoms with Crippen LogP contribution in [-0.4, -0.2) is 60.2 Å². The van der Waals surface area contributed by atoms with Crippen LogP contribution in [0.3, 0.4) is 0 Å². The Labute approximate surface area is 234 Å². The van der Waals surface area contributed by atoms with Gasteiger partial charge in [0, 0.05) is 25.3 Å². The van der Waals surface area contributed by atoms with Crippen LogP contribution in [0.2, 0.25) is 0 Å². The zero-order chi connectivity index (χ0) is 27.3. The number of aromatic nitrogens is 2. The first kappa shape index (κ1) is 29.1. The smallest absolute Gasteiger partial charge is 0.323 e. The molecule has 8 nitrogen and oxygen atoms in total. The Morgan fingerprint density at radius 3 is 2.49 bits per heavy atom. The first-order chi connectivity index (χ1) is 19.1. The minimum Gasteiger partial charge on any atom is -0.494 e. The van der Waals surface area contributed by atoms with Crippen LogP contribution >= 0.6 is 0 Å². The molecule has 0 spiro atoms. The van der Waals surface area contributed by atoms with Crippen LogP contribution in [0.25, 0.3) is 0 Å². The third kappa shape index (κ3) is 9.67. The summed E-state index contributed by atoms with van der Waals surface area (Å²) in [5, 5.41) is 6.73. The van der Waals surface area contributed by atoms with E-state index in [1.54, 1.807) is 6.20 Å². The molecule has 2 heterocycles. The molecule has 0 unspecified atom stereocenters. The van der Waals surface area contributed by atoms with E-state index in [-0.39, 0.29) is 18.1 Å². The van der Waals surface area contributed by atoms with Gasteiger partial charge in [0.25, 0.3) is 0 Å². The molecule has 2 aliphatic rings. The van der Waals surface area contributed by atoms with Crippen molar-refractivity contribution in [3.05, 3.63) is 42.1 Å². The van der Waals surface area contributed by atoms with Crippen LogP contribution in [-0.2, 0) is 0 Å². The average Bonchev–Trinajstić information content (AvgIpc) is 2.95. The van der Waals surface area contributed by atoms with Gasteiger partial charge in [0.2, 0.25) is 5.95 Å². The van der Waals surface area contributed by atoms with E-state index < -0.39 is 0 Å². The molecule has 2 N–H and O–H groups in total. The molecule has 39 heavy (non-hydrogen) atoms. The molecule has 4 bridgehead atoms. The van der Waals surface area contributed by atoms with Gasteiger partial charge in [-0.3, -0.25) is 4.90 Å². The summed E-state index contributed by atoms with van der Waals surface area (Å²) >= 11 is 0. The van der Waals surface area contributed by atoms with Crippen molar-refractivity contribution in [3.63, 3.8) is 0 Å². The lowest BCUT2D eigenvalue weighted by Crippen LogP contribution is -2.46. The van der Waals surface area contributed by atoms with Gasteiger partial charge in [-0.2, -0.15) is 4.98 Å². The van der Waals surface area contributed by atoms with Crippen molar-refractivity contribution >= 4 is 17.8 Å². The molecule has 1 aromatic heterocycles. The van der Waals surface area contributed by atoms with Gasteiger partial charge in [0.15, 0.2) is 0 Å². The molecular formula is C31H48N6O2. The Hall–Kier alpha value is -2.87. The van der Waals surface area contributed by atoms with Gasteiger partial charge in [-0.05, 0) is 76.4 Å². The van der Waals surface area contributed by atoms with Gasteiger partial charge in [-0.15, -0.1) is 0 Å². The summed E-state index contributed by atoms with van der Waals surface area (Å²) in [5.74, 6) is 2.05. The molecule has 1 fully saturated rings. The molecule has 2 aromatic rings. The standard InChI is InChI=1S/C31H48N6O2/c1-25-26-14-12-17-28(24-26)39-23-13-21-36(2)20-10-5-3-4-6-11-22-37(29-18-19-32-30(33-25)35-29)31(38)34-27-15-8-7-9-16-27/h12,14,17-19,24-25,27H,3-11,13,15-16,20-23H2,1-2H3,(H,34,38)(H,32,33,35)/t25-/m1/s1. The Balaban J connectivity index is 1.49. The van der Waals surface area contributed by atoms with Gasteiger partial charge in [0.1, 0.15) is 11.6 Å². The monoisotopic (exact) mass is 536 g/mol. The Bertz CT molecular complexity index is 1010. The quantitative estimate of drug-likeness (QED) is 0.430. The number of nitrogens with one attached hydrogen (secondary N) is 2. The molecule has 214 valence electrons. The molecule has 0 radical (unpaired) electrons. The summed E-state index contributed by atoms with van der Waals surface area (Å²) in [6, 6.07) is 10.3. The summed E-state index contributed by atoms with van der Waals surface area (Å²) in [6.07, 6.45) is 15.5. The summed E-state index contributed by atoms with van der Waals surface area (Å²) in [4.78, 5) is 26.9. The average molecular weight is 537 g/mol. The van der Waals surface area contributed by atoms with E-state index in [0.717, 1.165) is 56.5 Å². The Morgan fingerprint density at radius 2 is 1.67 bits per heavy atom. The van der Waals surface area contributed by atoms with Gasteiger partial charge < -0.3 is 20.3 Å². The number of urea groups is 1. The Kier molecular flexibility index (Phi) is 11.7. The van der Waals surface area contributed by atoms with Crippen molar-refractivity contribution in [2.24, 2.45) is 0 Å². The molecule has 1 aliphatic carbocycles. The molecule has 4 rings (SSSR count). The minimum atomic E-state index is -0.0399. The van der Waals surface area contributed by atoms with Crippen molar-refractivity contribution in [1.29, 1.82) is 0 Å². The molecule has 1 aromatic carbocycles. The van der Waals surface area contributed by atoms with Crippen molar-refractivity contribution in [2.75, 3.05) is 43.5 Å². The number of hydrogen-bond acceptors (Lipinski definition) is 6. The zero-order valence-corrected chi connectivity index (χ0v) is 24.0. The molecule has 2 amide bonds. The highest BCUT2D eigenvalue weighted by atomic mass is 16.5. The topological polar surface area (TPSA) is 82.6 Å². The van der Waals surface area contributed by atoms with E-state index in [2.05, 4.69) is 46.6 Å². The van der Waals surface area contributed by atoms with Crippen molar-refractivity contribution in [2.45, 2.75) is 96.1 Å². The lowest BCUT2D eigenvalue weighted by molar-refractivity contribution is 0.238. The van der Waals surface area contributed by atoms with Gasteiger partial charge in [0.05, 0.1) is 12.6 Å². The number of fused-ring (bicyclic) bond motifs is 4. The fraction of sp³-hybridized carbons (Fsp3) is 0.645. The zero-order valence-electron chi connectivity index (χ0n) is 24.0. The van der Waals surface area contributed by atoms with E-state index in [1.165, 1.54) is 44.9 Å². The summed E-state index contributed by atoms with van der Waals surface area (Å²) < 4.78 is 6.07. The normalized spacial score (nSPS) is 21.5. The maximum atomic E-state index is 13.5. The first-order valence-electron chi connectivity index (χ1n) is 15.2. The molecular weight excluding hydrogens is 488 g/mol. The summed E-state index contributed by atoms with van der Waals surface area (Å²) in [5.41, 5.74) is 1.10. The van der Waals surface area contributed by atoms with E-state index in [0.29, 0.717) is 24.9 Å². The second-order valence-electron chi connectivity index (χ2n) is 11.2. The van der Waals surface area contributed by atoms with E-state index in [4.69, 9.17) is 9.72 Å². The number of ether oxygens (including phenoxy) is 1. The Morgan fingerprint density at radius 1 is 0.949 bits per heavy atom. The number of hydrogen-bond donors (Lipinski definition) is 2. The molecule has 8 heteroatoms. The lowest BCUT2D eigenvalue weighted by Gasteiger charge is -2.28. The van der Waals surface area contributed by atoms with Crippen LogP contribution in [0, 0.1) is 0 Å². The van der Waals surface area contributed by atoms with E-state index in [9.17, 15) is 4.79 Å². The highest BCUT2D eigenvalue weighted by Crippen LogP contribution is 2.24. The number of anilines is 2. The number of carbonyl (C=O) groups excluding carboxylic acids is 1. The van der Waals surface area contributed by atoms with Crippen molar-refractivity contribution < 1.29 is 9.53 Å².